The van der Waals surface area contributed by atoms with Crippen molar-refractivity contribution >= 4 is 0 Å². The third kappa shape index (κ3) is 4.93. The maximum absolute atomic E-state index is 5.67. The summed E-state index contributed by atoms with van der Waals surface area (Å²) in [5, 5.41) is 3.27. The van der Waals surface area contributed by atoms with Crippen molar-refractivity contribution < 1.29 is 4.74 Å². The molecule has 0 fully saturated rings. The van der Waals surface area contributed by atoms with Gasteiger partial charge in [-0.1, -0.05) is 30.3 Å². The molecule has 1 aromatic carbocycles. The van der Waals surface area contributed by atoms with Crippen molar-refractivity contribution in [1.29, 1.82) is 0 Å². The lowest BCUT2D eigenvalue weighted by Gasteiger charge is -2.18. The Kier molecular flexibility index (Phi) is 5.32. The van der Waals surface area contributed by atoms with Gasteiger partial charge in [0.05, 0.1) is 0 Å². The first-order valence-electron chi connectivity index (χ1n) is 5.28. The first-order chi connectivity index (χ1) is 7.22. The molecule has 2 atom stereocenters. The van der Waals surface area contributed by atoms with E-state index in [0.29, 0.717) is 0 Å². The van der Waals surface area contributed by atoms with Crippen LogP contribution in [0.2, 0.25) is 0 Å². The minimum Gasteiger partial charge on any atom is -0.366 e. The lowest BCUT2D eigenvalue weighted by atomic mass is 10.1. The standard InChI is InChI=1S/C12H20N2O/c1-10(13)9-14-12(15-2)8-11-6-4-3-5-7-11/h3-7,10,12,14H,8-9,13H2,1-2H3. The second kappa shape index (κ2) is 6.56. The van der Waals surface area contributed by atoms with Crippen LogP contribution in [-0.4, -0.2) is 25.9 Å². The number of methoxy groups -OCH3 is 1. The fourth-order valence-electron chi connectivity index (χ4n) is 1.38. The largest absolute Gasteiger partial charge is 0.366 e. The highest BCUT2D eigenvalue weighted by Crippen LogP contribution is 2.03. The van der Waals surface area contributed by atoms with E-state index in [1.165, 1.54) is 5.56 Å². The van der Waals surface area contributed by atoms with Gasteiger partial charge >= 0.3 is 0 Å². The number of hydrogen-bond acceptors (Lipinski definition) is 3. The Hall–Kier alpha value is -0.900. The zero-order valence-corrected chi connectivity index (χ0v) is 9.44. The van der Waals surface area contributed by atoms with Crippen LogP contribution in [0.25, 0.3) is 0 Å². The molecule has 0 heterocycles. The summed E-state index contributed by atoms with van der Waals surface area (Å²) in [5.74, 6) is 0. The van der Waals surface area contributed by atoms with Gasteiger partial charge in [0.1, 0.15) is 6.23 Å². The summed E-state index contributed by atoms with van der Waals surface area (Å²) in [6.45, 7) is 2.74. The first kappa shape index (κ1) is 12.2. The topological polar surface area (TPSA) is 47.3 Å². The van der Waals surface area contributed by atoms with Crippen LogP contribution in [0, 0.1) is 0 Å². The van der Waals surface area contributed by atoms with Crippen molar-refractivity contribution in [2.24, 2.45) is 5.73 Å². The maximum Gasteiger partial charge on any atom is 0.111 e. The van der Waals surface area contributed by atoms with Crippen molar-refractivity contribution in [3.63, 3.8) is 0 Å². The molecule has 0 saturated heterocycles. The zero-order valence-electron chi connectivity index (χ0n) is 9.44. The number of nitrogens with two attached hydrogens (primary N) is 1. The SMILES string of the molecule is COC(Cc1ccccc1)NCC(C)N. The van der Waals surface area contributed by atoms with Crippen molar-refractivity contribution in [2.45, 2.75) is 25.6 Å². The minimum atomic E-state index is 0.0402. The molecule has 0 bridgehead atoms. The molecule has 0 aliphatic carbocycles. The molecule has 0 aliphatic rings. The Labute approximate surface area is 91.6 Å². The molecule has 1 rings (SSSR count). The van der Waals surface area contributed by atoms with Gasteiger partial charge < -0.3 is 10.5 Å². The van der Waals surface area contributed by atoms with E-state index in [4.69, 9.17) is 10.5 Å². The van der Waals surface area contributed by atoms with Crippen LogP contribution in [-0.2, 0) is 11.2 Å². The Morgan fingerprint density at radius 1 is 1.33 bits per heavy atom. The summed E-state index contributed by atoms with van der Waals surface area (Å²) in [5.41, 5.74) is 6.94. The number of hydrogen-bond donors (Lipinski definition) is 2. The molecule has 15 heavy (non-hydrogen) atoms. The average molecular weight is 208 g/mol. The summed E-state index contributed by atoms with van der Waals surface area (Å²) in [6, 6.07) is 10.4. The Balaban J connectivity index is 2.40. The summed E-state index contributed by atoms with van der Waals surface area (Å²) in [7, 11) is 1.71. The molecule has 3 N–H and O–H groups in total. The van der Waals surface area contributed by atoms with Gasteiger partial charge in [-0.25, -0.2) is 0 Å². The van der Waals surface area contributed by atoms with Crippen LogP contribution in [0.15, 0.2) is 30.3 Å². The van der Waals surface area contributed by atoms with Crippen LogP contribution >= 0.6 is 0 Å². The van der Waals surface area contributed by atoms with Gasteiger partial charge in [-0.15, -0.1) is 0 Å². The smallest absolute Gasteiger partial charge is 0.111 e. The predicted molar refractivity (Wildman–Crippen MR) is 62.6 cm³/mol. The third-order valence-electron chi connectivity index (χ3n) is 2.22. The van der Waals surface area contributed by atoms with Crippen molar-refractivity contribution in [3.8, 4) is 0 Å². The minimum absolute atomic E-state index is 0.0402. The van der Waals surface area contributed by atoms with Crippen LogP contribution < -0.4 is 11.1 Å². The first-order valence-corrected chi connectivity index (χ1v) is 5.28. The van der Waals surface area contributed by atoms with Gasteiger partial charge in [-0.3, -0.25) is 5.32 Å². The number of nitrogens with one attached hydrogen (secondary N) is 1. The predicted octanol–water partition coefficient (Wildman–Crippen LogP) is 1.14. The van der Waals surface area contributed by atoms with E-state index in [9.17, 15) is 0 Å². The highest BCUT2D eigenvalue weighted by Gasteiger charge is 2.07. The van der Waals surface area contributed by atoms with Gasteiger partial charge in [0, 0.05) is 26.1 Å². The fourth-order valence-corrected chi connectivity index (χ4v) is 1.38. The van der Waals surface area contributed by atoms with Crippen molar-refractivity contribution in [2.75, 3.05) is 13.7 Å². The van der Waals surface area contributed by atoms with E-state index in [-0.39, 0.29) is 12.3 Å². The van der Waals surface area contributed by atoms with Crippen LogP contribution in [0.5, 0.6) is 0 Å². The average Bonchev–Trinajstić information content (AvgIpc) is 2.25. The lowest BCUT2D eigenvalue weighted by molar-refractivity contribution is 0.0734. The molecule has 1 aromatic rings. The van der Waals surface area contributed by atoms with E-state index in [2.05, 4.69) is 17.4 Å². The van der Waals surface area contributed by atoms with Gasteiger partial charge in [0.25, 0.3) is 0 Å². The molecule has 2 unspecified atom stereocenters. The van der Waals surface area contributed by atoms with Gasteiger partial charge in [-0.2, -0.15) is 0 Å². The van der Waals surface area contributed by atoms with E-state index < -0.39 is 0 Å². The van der Waals surface area contributed by atoms with E-state index in [0.717, 1.165) is 13.0 Å². The molecule has 0 amide bonds. The molecule has 0 spiro atoms. The zero-order chi connectivity index (χ0) is 11.1. The normalized spacial score (nSPS) is 14.9. The quantitative estimate of drug-likeness (QED) is 0.689. The fraction of sp³-hybridized carbons (Fsp3) is 0.500. The molecule has 0 aromatic heterocycles. The molecule has 84 valence electrons. The lowest BCUT2D eigenvalue weighted by Crippen LogP contribution is -2.40. The Morgan fingerprint density at radius 3 is 2.53 bits per heavy atom. The van der Waals surface area contributed by atoms with Gasteiger partial charge in [0.15, 0.2) is 0 Å². The summed E-state index contributed by atoms with van der Waals surface area (Å²) in [6.07, 6.45) is 0.905. The van der Waals surface area contributed by atoms with Crippen molar-refractivity contribution in [1.82, 2.24) is 5.32 Å². The summed E-state index contributed by atoms with van der Waals surface area (Å²) >= 11 is 0. The Morgan fingerprint density at radius 2 is 2.00 bits per heavy atom. The highest BCUT2D eigenvalue weighted by molar-refractivity contribution is 5.15. The molecule has 0 aliphatic heterocycles. The van der Waals surface area contributed by atoms with Crippen LogP contribution in [0.4, 0.5) is 0 Å². The molecule has 3 heteroatoms. The number of rotatable bonds is 6. The van der Waals surface area contributed by atoms with E-state index in [1.807, 2.05) is 25.1 Å². The van der Waals surface area contributed by atoms with E-state index >= 15 is 0 Å². The van der Waals surface area contributed by atoms with Crippen molar-refractivity contribution in [3.05, 3.63) is 35.9 Å². The number of ether oxygens (including phenoxy) is 1. The highest BCUT2D eigenvalue weighted by atomic mass is 16.5. The molecule has 0 radical (unpaired) electrons. The van der Waals surface area contributed by atoms with Crippen LogP contribution in [0.3, 0.4) is 0 Å². The second-order valence-electron chi connectivity index (χ2n) is 3.80. The second-order valence-corrected chi connectivity index (χ2v) is 3.80. The monoisotopic (exact) mass is 208 g/mol. The molecular formula is C12H20N2O. The maximum atomic E-state index is 5.67. The van der Waals surface area contributed by atoms with E-state index in [1.54, 1.807) is 7.11 Å². The van der Waals surface area contributed by atoms with Crippen LogP contribution in [0.1, 0.15) is 12.5 Å². The van der Waals surface area contributed by atoms with Gasteiger partial charge in [-0.05, 0) is 12.5 Å². The molecule has 3 nitrogen and oxygen atoms in total. The summed E-state index contributed by atoms with van der Waals surface area (Å²) in [4.78, 5) is 0. The molecular weight excluding hydrogens is 188 g/mol. The summed E-state index contributed by atoms with van der Waals surface area (Å²) < 4.78 is 5.34. The molecule has 0 saturated carbocycles. The third-order valence-corrected chi connectivity index (χ3v) is 2.22. The number of benzene rings is 1. The van der Waals surface area contributed by atoms with Gasteiger partial charge in [0.2, 0.25) is 0 Å². The Bertz CT molecular complexity index is 262.